The number of hydrogen-bond acceptors (Lipinski definition) is 0. The van der Waals surface area contributed by atoms with E-state index >= 15 is 0 Å². The molecule has 1 radical (unpaired) electrons. The molecule has 0 nitrogen and oxygen atoms in total. The summed E-state index contributed by atoms with van der Waals surface area (Å²) in [6.45, 7) is 14.6. The normalized spacial score (nSPS) is 15.6. The summed E-state index contributed by atoms with van der Waals surface area (Å²) >= 11 is 0. The SMILES string of the molecule is C=C(/C=C\C(=C)C(C)C)C1=CC=C(CC)C=C[CH]1. The zero-order chi connectivity index (χ0) is 13.5. The molecule has 1 aliphatic carbocycles. The van der Waals surface area contributed by atoms with Gasteiger partial charge in [-0.05, 0) is 29.1 Å². The van der Waals surface area contributed by atoms with Gasteiger partial charge in [-0.25, -0.2) is 0 Å². The van der Waals surface area contributed by atoms with E-state index in [2.05, 4.69) is 70.7 Å². The molecule has 0 N–H and O–H groups in total. The van der Waals surface area contributed by atoms with E-state index in [1.165, 1.54) is 5.57 Å². The van der Waals surface area contributed by atoms with Crippen molar-refractivity contribution >= 4 is 0 Å². The zero-order valence-electron chi connectivity index (χ0n) is 11.7. The first-order valence-electron chi connectivity index (χ1n) is 6.53. The molecule has 0 fully saturated rings. The Kier molecular flexibility index (Phi) is 5.64. The van der Waals surface area contributed by atoms with Crippen LogP contribution in [-0.2, 0) is 0 Å². The van der Waals surface area contributed by atoms with Gasteiger partial charge in [-0.1, -0.05) is 76.0 Å². The van der Waals surface area contributed by atoms with Crippen LogP contribution in [0, 0.1) is 12.3 Å². The highest BCUT2D eigenvalue weighted by molar-refractivity contribution is 5.50. The Bertz CT molecular complexity index is 437. The molecule has 0 atom stereocenters. The molecule has 0 heteroatoms. The summed E-state index contributed by atoms with van der Waals surface area (Å²) in [6, 6.07) is 0. The molecule has 0 aromatic rings. The third-order valence-electron chi connectivity index (χ3n) is 3.08. The minimum atomic E-state index is 0.479. The average molecular weight is 239 g/mol. The molecular weight excluding hydrogens is 216 g/mol. The molecule has 0 saturated carbocycles. The maximum atomic E-state index is 4.11. The fraction of sp³-hybridized carbons (Fsp3) is 0.278. The molecule has 0 aromatic carbocycles. The highest BCUT2D eigenvalue weighted by Crippen LogP contribution is 2.20. The Morgan fingerprint density at radius 2 is 1.94 bits per heavy atom. The lowest BCUT2D eigenvalue weighted by atomic mass is 10.0. The first-order valence-corrected chi connectivity index (χ1v) is 6.53. The van der Waals surface area contributed by atoms with E-state index in [0.29, 0.717) is 5.92 Å². The van der Waals surface area contributed by atoms with Crippen LogP contribution < -0.4 is 0 Å². The second kappa shape index (κ2) is 7.00. The predicted molar refractivity (Wildman–Crippen MR) is 82.2 cm³/mol. The van der Waals surface area contributed by atoms with Gasteiger partial charge in [0.25, 0.3) is 0 Å². The summed E-state index contributed by atoms with van der Waals surface area (Å²) in [6.07, 6.45) is 15.8. The van der Waals surface area contributed by atoms with Gasteiger partial charge in [0.15, 0.2) is 0 Å². The molecule has 1 rings (SSSR count). The van der Waals surface area contributed by atoms with Crippen molar-refractivity contribution in [3.63, 3.8) is 0 Å². The average Bonchev–Trinajstić information content (AvgIpc) is 2.60. The molecule has 0 bridgehead atoms. The minimum absolute atomic E-state index is 0.479. The molecule has 0 saturated heterocycles. The molecule has 18 heavy (non-hydrogen) atoms. The Morgan fingerprint density at radius 3 is 2.56 bits per heavy atom. The van der Waals surface area contributed by atoms with E-state index in [1.54, 1.807) is 0 Å². The van der Waals surface area contributed by atoms with Gasteiger partial charge in [0.05, 0.1) is 0 Å². The maximum absolute atomic E-state index is 4.11. The quantitative estimate of drug-likeness (QED) is 0.567. The Morgan fingerprint density at radius 1 is 1.22 bits per heavy atom. The number of allylic oxidation sites excluding steroid dienone is 10. The molecule has 0 aliphatic heterocycles. The van der Waals surface area contributed by atoms with Crippen LogP contribution in [0.3, 0.4) is 0 Å². The Balaban J connectivity index is 2.74. The highest BCUT2D eigenvalue weighted by Gasteiger charge is 2.02. The zero-order valence-corrected chi connectivity index (χ0v) is 11.7. The van der Waals surface area contributed by atoms with Crippen molar-refractivity contribution < 1.29 is 0 Å². The van der Waals surface area contributed by atoms with Gasteiger partial charge in [-0.2, -0.15) is 0 Å². The van der Waals surface area contributed by atoms with E-state index in [1.807, 2.05) is 6.08 Å². The van der Waals surface area contributed by atoms with Crippen LogP contribution in [0.15, 0.2) is 71.9 Å². The molecule has 95 valence electrons. The number of rotatable bonds is 5. The predicted octanol–water partition coefficient (Wildman–Crippen LogP) is 5.35. The molecular formula is C18H23. The van der Waals surface area contributed by atoms with Crippen LogP contribution in [0.25, 0.3) is 0 Å². The van der Waals surface area contributed by atoms with Gasteiger partial charge >= 0.3 is 0 Å². The van der Waals surface area contributed by atoms with E-state index in [-0.39, 0.29) is 0 Å². The van der Waals surface area contributed by atoms with Crippen LogP contribution in [-0.4, -0.2) is 0 Å². The summed E-state index contributed by atoms with van der Waals surface area (Å²) < 4.78 is 0. The van der Waals surface area contributed by atoms with Crippen LogP contribution in [0.5, 0.6) is 0 Å². The summed E-state index contributed by atoms with van der Waals surface area (Å²) in [5.41, 5.74) is 4.65. The summed E-state index contributed by atoms with van der Waals surface area (Å²) in [4.78, 5) is 0. The van der Waals surface area contributed by atoms with Gasteiger partial charge in [0.2, 0.25) is 0 Å². The smallest absolute Gasteiger partial charge is 0.0131 e. The lowest BCUT2D eigenvalue weighted by Gasteiger charge is -2.05. The first-order chi connectivity index (χ1) is 8.54. The summed E-state index contributed by atoms with van der Waals surface area (Å²) in [5, 5.41) is 0. The van der Waals surface area contributed by atoms with Crippen LogP contribution in [0.1, 0.15) is 27.2 Å². The fourth-order valence-electron chi connectivity index (χ4n) is 1.53. The number of hydrogen-bond donors (Lipinski definition) is 0. The van der Waals surface area contributed by atoms with Crippen molar-refractivity contribution in [3.8, 4) is 0 Å². The van der Waals surface area contributed by atoms with Crippen molar-refractivity contribution in [2.45, 2.75) is 27.2 Å². The van der Waals surface area contributed by atoms with Crippen LogP contribution in [0.4, 0.5) is 0 Å². The standard InChI is InChI=1S/C18H23/c1-6-17-8-7-9-18(13-12-17)16(5)11-10-15(4)14(2)3/h7-14H,4-6H2,1-3H3/b11-10-. The van der Waals surface area contributed by atoms with Crippen molar-refractivity contribution in [1.82, 2.24) is 0 Å². The van der Waals surface area contributed by atoms with E-state index in [4.69, 9.17) is 0 Å². The molecule has 0 unspecified atom stereocenters. The molecule has 0 heterocycles. The van der Waals surface area contributed by atoms with Gasteiger partial charge < -0.3 is 0 Å². The van der Waals surface area contributed by atoms with Crippen LogP contribution >= 0.6 is 0 Å². The van der Waals surface area contributed by atoms with E-state index in [9.17, 15) is 0 Å². The lowest BCUT2D eigenvalue weighted by molar-refractivity contribution is 0.795. The van der Waals surface area contributed by atoms with Crippen molar-refractivity contribution in [3.05, 3.63) is 78.3 Å². The topological polar surface area (TPSA) is 0 Å². The van der Waals surface area contributed by atoms with Gasteiger partial charge in [-0.15, -0.1) is 0 Å². The van der Waals surface area contributed by atoms with E-state index in [0.717, 1.165) is 23.1 Å². The lowest BCUT2D eigenvalue weighted by Crippen LogP contribution is -1.89. The van der Waals surface area contributed by atoms with Crippen molar-refractivity contribution in [2.24, 2.45) is 5.92 Å². The van der Waals surface area contributed by atoms with Crippen LogP contribution in [0.2, 0.25) is 0 Å². The monoisotopic (exact) mass is 239 g/mol. The largest absolute Gasteiger partial charge is 0.0956 e. The summed E-state index contributed by atoms with van der Waals surface area (Å²) in [7, 11) is 0. The van der Waals surface area contributed by atoms with Crippen molar-refractivity contribution in [1.29, 1.82) is 0 Å². The molecule has 0 aromatic heterocycles. The second-order valence-electron chi connectivity index (χ2n) is 4.83. The molecule has 0 spiro atoms. The third-order valence-corrected chi connectivity index (χ3v) is 3.08. The fourth-order valence-corrected chi connectivity index (χ4v) is 1.53. The van der Waals surface area contributed by atoms with Gasteiger partial charge in [-0.3, -0.25) is 0 Å². The Hall–Kier alpha value is -1.56. The highest BCUT2D eigenvalue weighted by atomic mass is 14.1. The minimum Gasteiger partial charge on any atom is -0.0956 e. The first kappa shape index (κ1) is 14.5. The maximum Gasteiger partial charge on any atom is 0.0131 e. The van der Waals surface area contributed by atoms with E-state index < -0.39 is 0 Å². The second-order valence-corrected chi connectivity index (χ2v) is 4.83. The Labute approximate surface area is 112 Å². The summed E-state index contributed by atoms with van der Waals surface area (Å²) in [5.74, 6) is 0.479. The third kappa shape index (κ3) is 4.37. The van der Waals surface area contributed by atoms with Crippen molar-refractivity contribution in [2.75, 3.05) is 0 Å². The molecule has 0 amide bonds. The van der Waals surface area contributed by atoms with Gasteiger partial charge in [0, 0.05) is 6.42 Å². The molecule has 1 aliphatic rings. The van der Waals surface area contributed by atoms with Gasteiger partial charge in [0.1, 0.15) is 0 Å².